The third-order valence-corrected chi connectivity index (χ3v) is 4.05. The smallest absolute Gasteiger partial charge is 0.324 e. The fourth-order valence-corrected chi connectivity index (χ4v) is 2.69. The zero-order valence-corrected chi connectivity index (χ0v) is 9.11. The first-order valence-electron chi connectivity index (χ1n) is 4.18. The molecule has 2 N–H and O–H groups in total. The summed E-state index contributed by atoms with van der Waals surface area (Å²) in [4.78, 5) is 17.0. The Kier molecular flexibility index (Phi) is 7.25. The highest BCUT2D eigenvalue weighted by molar-refractivity contribution is 8.04. The largest absolute Gasteiger partial charge is 0.335 e. The Labute approximate surface area is 78.1 Å². The molecule has 0 aliphatic rings. The van der Waals surface area contributed by atoms with Gasteiger partial charge in [-0.05, 0) is 12.2 Å². The third-order valence-electron chi connectivity index (χ3n) is 1.40. The molecule has 0 saturated carbocycles. The fraction of sp³-hybridized carbons (Fsp3) is 1.00. The van der Waals surface area contributed by atoms with Gasteiger partial charge < -0.3 is 9.79 Å². The van der Waals surface area contributed by atoms with Crippen molar-refractivity contribution in [2.75, 3.05) is 11.2 Å². The monoisotopic (exact) mass is 212 g/mol. The Morgan fingerprint density at radius 3 is 2.42 bits per heavy atom. The van der Waals surface area contributed by atoms with Crippen molar-refractivity contribution in [3.8, 4) is 0 Å². The number of hydrogen-bond donors (Lipinski definition) is 2. The summed E-state index contributed by atoms with van der Waals surface area (Å²) in [6.45, 7) is 2.14. The van der Waals surface area contributed by atoms with Crippen LogP contribution < -0.4 is 0 Å². The lowest BCUT2D eigenvalue weighted by atomic mass is 10.2. The lowest BCUT2D eigenvalue weighted by molar-refractivity contribution is 0.379. The summed E-state index contributed by atoms with van der Waals surface area (Å²) in [6.07, 6.45) is 4.66. The third kappa shape index (κ3) is 10.5. The molecule has 0 amide bonds. The fourth-order valence-electron chi connectivity index (χ4n) is 0.814. The zero-order valence-electron chi connectivity index (χ0n) is 7.40. The Balaban J connectivity index is 3.06. The summed E-state index contributed by atoms with van der Waals surface area (Å²) < 4.78 is 10.4. The molecule has 0 atom stereocenters. The van der Waals surface area contributed by atoms with E-state index in [9.17, 15) is 4.57 Å². The summed E-state index contributed by atoms with van der Waals surface area (Å²) in [6, 6.07) is 0. The molecular formula is C7H17O3PS. The number of hydrogen-bond acceptors (Lipinski definition) is 2. The second-order valence-corrected chi connectivity index (χ2v) is 5.94. The van der Waals surface area contributed by atoms with E-state index < -0.39 is 7.60 Å². The molecule has 0 bridgehead atoms. The Hall–Kier alpha value is 0.500. The van der Waals surface area contributed by atoms with Gasteiger partial charge in [0.05, 0.1) is 5.49 Å². The Bertz CT molecular complexity index is 146. The Morgan fingerprint density at radius 2 is 1.92 bits per heavy atom. The maximum absolute atomic E-state index is 10.4. The summed E-state index contributed by atoms with van der Waals surface area (Å²) in [7, 11) is -3.76. The van der Waals surface area contributed by atoms with Gasteiger partial charge in [-0.1, -0.05) is 26.2 Å². The van der Waals surface area contributed by atoms with E-state index in [1.165, 1.54) is 31.0 Å². The second-order valence-electron chi connectivity index (χ2n) is 2.76. The molecule has 74 valence electrons. The lowest BCUT2D eigenvalue weighted by Crippen LogP contribution is -1.85. The Morgan fingerprint density at radius 1 is 1.25 bits per heavy atom. The van der Waals surface area contributed by atoms with Crippen LogP contribution in [0.15, 0.2) is 0 Å². The minimum atomic E-state index is -3.76. The number of thioether (sulfide) groups is 1. The molecule has 0 radical (unpaired) electrons. The van der Waals surface area contributed by atoms with E-state index in [0.717, 1.165) is 12.2 Å². The van der Waals surface area contributed by atoms with Crippen LogP contribution in [-0.4, -0.2) is 21.0 Å². The highest BCUT2D eigenvalue weighted by Crippen LogP contribution is 2.38. The molecule has 0 aromatic rings. The van der Waals surface area contributed by atoms with E-state index in [1.807, 2.05) is 0 Å². The van der Waals surface area contributed by atoms with E-state index in [2.05, 4.69) is 6.92 Å². The van der Waals surface area contributed by atoms with E-state index >= 15 is 0 Å². The van der Waals surface area contributed by atoms with Crippen molar-refractivity contribution in [1.82, 2.24) is 0 Å². The van der Waals surface area contributed by atoms with Gasteiger partial charge in [-0.25, -0.2) is 0 Å². The molecule has 0 aliphatic carbocycles. The van der Waals surface area contributed by atoms with Gasteiger partial charge in [0.25, 0.3) is 0 Å². The van der Waals surface area contributed by atoms with Crippen LogP contribution in [0.2, 0.25) is 0 Å². The minimum absolute atomic E-state index is 0.0286. The maximum Gasteiger partial charge on any atom is 0.335 e. The van der Waals surface area contributed by atoms with Crippen LogP contribution in [-0.2, 0) is 4.57 Å². The van der Waals surface area contributed by atoms with Crippen molar-refractivity contribution in [3.63, 3.8) is 0 Å². The molecule has 0 saturated heterocycles. The van der Waals surface area contributed by atoms with Gasteiger partial charge in [0.15, 0.2) is 0 Å². The predicted octanol–water partition coefficient (Wildman–Crippen LogP) is 2.44. The van der Waals surface area contributed by atoms with Crippen molar-refractivity contribution >= 4 is 19.4 Å². The molecule has 0 rings (SSSR count). The normalized spacial score (nSPS) is 11.9. The zero-order chi connectivity index (χ0) is 9.45. The molecule has 12 heavy (non-hydrogen) atoms. The van der Waals surface area contributed by atoms with Gasteiger partial charge >= 0.3 is 7.60 Å². The van der Waals surface area contributed by atoms with Crippen LogP contribution in [0.25, 0.3) is 0 Å². The van der Waals surface area contributed by atoms with Crippen molar-refractivity contribution in [1.29, 1.82) is 0 Å². The van der Waals surface area contributed by atoms with Gasteiger partial charge in [0.2, 0.25) is 0 Å². The van der Waals surface area contributed by atoms with Gasteiger partial charge in [-0.2, -0.15) is 0 Å². The van der Waals surface area contributed by atoms with Gasteiger partial charge in [-0.15, -0.1) is 11.8 Å². The van der Waals surface area contributed by atoms with Crippen LogP contribution in [0, 0.1) is 0 Å². The highest BCUT2D eigenvalue weighted by atomic mass is 32.2. The summed E-state index contributed by atoms with van der Waals surface area (Å²) in [5, 5.41) is 0. The van der Waals surface area contributed by atoms with Crippen LogP contribution >= 0.6 is 19.4 Å². The predicted molar refractivity (Wildman–Crippen MR) is 53.5 cm³/mol. The average Bonchev–Trinajstić information content (AvgIpc) is 1.94. The minimum Gasteiger partial charge on any atom is -0.324 e. The summed E-state index contributed by atoms with van der Waals surface area (Å²) >= 11 is 1.35. The first-order valence-corrected chi connectivity index (χ1v) is 7.14. The topological polar surface area (TPSA) is 57.5 Å². The standard InChI is InChI=1S/C7H17O3PS/c1-2-3-4-5-6-12-7-11(8,9)10/h2-7H2,1H3,(H2,8,9,10). The molecule has 5 heteroatoms. The molecular weight excluding hydrogens is 195 g/mol. The highest BCUT2D eigenvalue weighted by Gasteiger charge is 2.11. The average molecular weight is 212 g/mol. The molecule has 3 nitrogen and oxygen atoms in total. The van der Waals surface area contributed by atoms with Crippen LogP contribution in [0.4, 0.5) is 0 Å². The first kappa shape index (κ1) is 12.5. The van der Waals surface area contributed by atoms with E-state index in [0.29, 0.717) is 0 Å². The molecule has 0 heterocycles. The van der Waals surface area contributed by atoms with Crippen molar-refractivity contribution in [2.24, 2.45) is 0 Å². The number of rotatable bonds is 7. The van der Waals surface area contributed by atoms with Crippen LogP contribution in [0.1, 0.15) is 32.6 Å². The molecule has 0 spiro atoms. The lowest BCUT2D eigenvalue weighted by Gasteiger charge is -2.02. The van der Waals surface area contributed by atoms with E-state index in [-0.39, 0.29) is 5.49 Å². The maximum atomic E-state index is 10.4. The van der Waals surface area contributed by atoms with Gasteiger partial charge in [0.1, 0.15) is 0 Å². The molecule has 0 aromatic heterocycles. The number of unbranched alkanes of at least 4 members (excludes halogenated alkanes) is 3. The molecule has 0 aliphatic heterocycles. The molecule has 0 fully saturated rings. The van der Waals surface area contributed by atoms with Gasteiger partial charge in [-0.3, -0.25) is 4.57 Å². The van der Waals surface area contributed by atoms with Crippen LogP contribution in [0.3, 0.4) is 0 Å². The first-order chi connectivity index (χ1) is 5.56. The molecule has 0 unspecified atom stereocenters. The van der Waals surface area contributed by atoms with Gasteiger partial charge in [0, 0.05) is 0 Å². The second kappa shape index (κ2) is 6.96. The quantitative estimate of drug-likeness (QED) is 0.502. The van der Waals surface area contributed by atoms with Crippen molar-refractivity contribution in [2.45, 2.75) is 32.6 Å². The molecule has 0 aromatic carbocycles. The van der Waals surface area contributed by atoms with Crippen molar-refractivity contribution in [3.05, 3.63) is 0 Å². The SMILES string of the molecule is CCCCCCSCP(=O)(O)O. The van der Waals surface area contributed by atoms with Crippen molar-refractivity contribution < 1.29 is 14.4 Å². The summed E-state index contributed by atoms with van der Waals surface area (Å²) in [5.41, 5.74) is -0.0286. The van der Waals surface area contributed by atoms with E-state index in [4.69, 9.17) is 9.79 Å². The van der Waals surface area contributed by atoms with Crippen LogP contribution in [0.5, 0.6) is 0 Å². The summed E-state index contributed by atoms with van der Waals surface area (Å²) in [5.74, 6) is 0.866. The van der Waals surface area contributed by atoms with E-state index in [1.54, 1.807) is 0 Å².